The minimum atomic E-state index is -0.0150. The van der Waals surface area contributed by atoms with Crippen molar-refractivity contribution in [3.05, 3.63) is 0 Å². The van der Waals surface area contributed by atoms with Gasteiger partial charge in [-0.1, -0.05) is 12.8 Å². The summed E-state index contributed by atoms with van der Waals surface area (Å²) < 4.78 is 5.13. The van der Waals surface area contributed by atoms with Crippen molar-refractivity contribution in [1.82, 2.24) is 4.90 Å². The van der Waals surface area contributed by atoms with E-state index in [4.69, 9.17) is 4.74 Å². The molecule has 3 nitrogen and oxygen atoms in total. The van der Waals surface area contributed by atoms with E-state index in [2.05, 4.69) is 0 Å². The maximum absolute atomic E-state index is 11.3. The second-order valence-corrected chi connectivity index (χ2v) is 4.38. The summed E-state index contributed by atoms with van der Waals surface area (Å²) >= 11 is 0. The second kappa shape index (κ2) is 7.94. The summed E-state index contributed by atoms with van der Waals surface area (Å²) in [6.07, 6.45) is 5.63. The predicted molar refractivity (Wildman–Crippen MR) is 63.3 cm³/mol. The number of nitrogens with zero attached hydrogens (tertiary/aromatic N) is 1. The molecule has 0 heterocycles. The normalized spacial score (nSPS) is 16.5. The zero-order valence-electron chi connectivity index (χ0n) is 9.70. The van der Waals surface area contributed by atoms with Crippen LogP contribution in [0.25, 0.3) is 0 Å². The van der Waals surface area contributed by atoms with Crippen LogP contribution in [0.4, 0.5) is 0 Å². The molecule has 1 fully saturated rings. The molecule has 90 valence electrons. The number of carbonyl (C=O) groups is 1. The summed E-state index contributed by atoms with van der Waals surface area (Å²) in [4.78, 5) is 13.4. The first-order valence-corrected chi connectivity index (χ1v) is 5.49. The molecule has 0 unspecified atom stereocenters. The Morgan fingerprint density at radius 2 is 1.93 bits per heavy atom. The first-order valence-electron chi connectivity index (χ1n) is 5.49. The Hall–Kier alpha value is -0.280. The molecule has 0 spiro atoms. The molecule has 0 N–H and O–H groups in total. The summed E-state index contributed by atoms with van der Waals surface area (Å²) in [6.45, 7) is 1.34. The largest absolute Gasteiger partial charge is 0.464 e. The highest BCUT2D eigenvalue weighted by Crippen LogP contribution is 2.27. The zero-order valence-corrected chi connectivity index (χ0v) is 10.5. The van der Waals surface area contributed by atoms with Crippen molar-refractivity contribution < 1.29 is 9.53 Å². The van der Waals surface area contributed by atoms with Gasteiger partial charge in [-0.15, -0.1) is 12.4 Å². The fourth-order valence-corrected chi connectivity index (χ4v) is 1.85. The molecule has 0 aromatic carbocycles. The summed E-state index contributed by atoms with van der Waals surface area (Å²) in [5.74, 6) is 0.584. The fourth-order valence-electron chi connectivity index (χ4n) is 1.85. The maximum Gasteiger partial charge on any atom is 0.306 e. The molecule has 0 bridgehead atoms. The zero-order chi connectivity index (χ0) is 10.4. The minimum Gasteiger partial charge on any atom is -0.464 e. The van der Waals surface area contributed by atoms with Gasteiger partial charge in [0, 0.05) is 13.0 Å². The molecule has 1 aliphatic rings. The summed E-state index contributed by atoms with van der Waals surface area (Å²) in [5, 5.41) is 0. The van der Waals surface area contributed by atoms with Crippen molar-refractivity contribution in [3.63, 3.8) is 0 Å². The Balaban J connectivity index is 0.00000196. The van der Waals surface area contributed by atoms with Crippen LogP contribution < -0.4 is 0 Å². The van der Waals surface area contributed by atoms with E-state index in [0.717, 1.165) is 6.54 Å². The van der Waals surface area contributed by atoms with E-state index in [0.29, 0.717) is 18.9 Å². The quantitative estimate of drug-likeness (QED) is 0.684. The van der Waals surface area contributed by atoms with Crippen molar-refractivity contribution in [2.24, 2.45) is 5.92 Å². The van der Waals surface area contributed by atoms with Gasteiger partial charge >= 0.3 is 5.97 Å². The van der Waals surface area contributed by atoms with Gasteiger partial charge in [0.05, 0.1) is 0 Å². The number of halogens is 1. The van der Waals surface area contributed by atoms with E-state index in [1.54, 1.807) is 0 Å². The first kappa shape index (κ1) is 14.7. The van der Waals surface area contributed by atoms with Crippen LogP contribution in [0.1, 0.15) is 32.1 Å². The molecule has 0 amide bonds. The van der Waals surface area contributed by atoms with E-state index in [9.17, 15) is 4.79 Å². The van der Waals surface area contributed by atoms with Gasteiger partial charge in [-0.3, -0.25) is 4.79 Å². The van der Waals surface area contributed by atoms with Gasteiger partial charge in [-0.05, 0) is 32.9 Å². The van der Waals surface area contributed by atoms with Crippen LogP contribution in [0.5, 0.6) is 0 Å². The highest BCUT2D eigenvalue weighted by atomic mass is 35.5. The van der Waals surface area contributed by atoms with Crippen molar-refractivity contribution >= 4 is 18.4 Å². The molecule has 0 radical (unpaired) electrons. The molecular weight excluding hydrogens is 214 g/mol. The van der Waals surface area contributed by atoms with Gasteiger partial charge in [0.1, 0.15) is 6.61 Å². The van der Waals surface area contributed by atoms with E-state index in [1.807, 2.05) is 19.0 Å². The number of esters is 1. The molecular formula is C11H22ClNO2. The highest BCUT2D eigenvalue weighted by Gasteiger charge is 2.18. The molecule has 0 atom stereocenters. The van der Waals surface area contributed by atoms with Crippen LogP contribution in [-0.2, 0) is 9.53 Å². The Bertz CT molecular complexity index is 179. The maximum atomic E-state index is 11.3. The Labute approximate surface area is 98.6 Å². The van der Waals surface area contributed by atoms with Crippen LogP contribution in [-0.4, -0.2) is 38.1 Å². The predicted octanol–water partition coefficient (Wildman–Crippen LogP) is 2.09. The lowest BCUT2D eigenvalue weighted by molar-refractivity contribution is -0.145. The van der Waals surface area contributed by atoms with Crippen molar-refractivity contribution in [3.8, 4) is 0 Å². The summed E-state index contributed by atoms with van der Waals surface area (Å²) in [6, 6.07) is 0. The molecule has 1 aliphatic carbocycles. The van der Waals surface area contributed by atoms with Crippen LogP contribution >= 0.6 is 12.4 Å². The van der Waals surface area contributed by atoms with Crippen LogP contribution in [0, 0.1) is 5.92 Å². The van der Waals surface area contributed by atoms with E-state index in [-0.39, 0.29) is 18.4 Å². The molecule has 0 aliphatic heterocycles. The number of ether oxygens (including phenoxy) is 1. The van der Waals surface area contributed by atoms with E-state index >= 15 is 0 Å². The monoisotopic (exact) mass is 235 g/mol. The highest BCUT2D eigenvalue weighted by molar-refractivity contribution is 5.85. The van der Waals surface area contributed by atoms with Gasteiger partial charge in [0.2, 0.25) is 0 Å². The Morgan fingerprint density at radius 3 is 2.47 bits per heavy atom. The second-order valence-electron chi connectivity index (χ2n) is 4.38. The third kappa shape index (κ3) is 6.74. The molecule has 4 heteroatoms. The molecule has 1 rings (SSSR count). The van der Waals surface area contributed by atoms with Crippen molar-refractivity contribution in [1.29, 1.82) is 0 Å². The molecule has 15 heavy (non-hydrogen) atoms. The third-order valence-corrected chi connectivity index (χ3v) is 2.73. The third-order valence-electron chi connectivity index (χ3n) is 2.73. The number of rotatable bonds is 5. The lowest BCUT2D eigenvalue weighted by atomic mass is 10.1. The topological polar surface area (TPSA) is 29.5 Å². The Morgan fingerprint density at radius 1 is 1.33 bits per heavy atom. The Kier molecular flexibility index (Phi) is 7.79. The number of hydrogen-bond acceptors (Lipinski definition) is 3. The molecule has 1 saturated carbocycles. The lowest BCUT2D eigenvalue weighted by Crippen LogP contribution is -2.20. The van der Waals surface area contributed by atoms with Crippen LogP contribution in [0.2, 0.25) is 0 Å². The van der Waals surface area contributed by atoms with Gasteiger partial charge in [-0.25, -0.2) is 0 Å². The molecule has 0 saturated heterocycles. The number of likely N-dealkylation sites (N-methyl/N-ethyl adjacent to an activating group) is 1. The molecule has 0 aromatic heterocycles. The smallest absolute Gasteiger partial charge is 0.306 e. The SMILES string of the molecule is CN(C)CCOC(=O)CC1CCCC1.Cl. The standard InChI is InChI=1S/C11H21NO2.ClH/c1-12(2)7-8-14-11(13)9-10-5-3-4-6-10;/h10H,3-9H2,1-2H3;1H. The van der Waals surface area contributed by atoms with E-state index < -0.39 is 0 Å². The van der Waals surface area contributed by atoms with Gasteiger partial charge in [0.15, 0.2) is 0 Å². The van der Waals surface area contributed by atoms with Gasteiger partial charge in [0.25, 0.3) is 0 Å². The van der Waals surface area contributed by atoms with Crippen molar-refractivity contribution in [2.75, 3.05) is 27.2 Å². The number of carbonyl (C=O) groups excluding carboxylic acids is 1. The average Bonchev–Trinajstić information content (AvgIpc) is 2.56. The van der Waals surface area contributed by atoms with Crippen LogP contribution in [0.15, 0.2) is 0 Å². The van der Waals surface area contributed by atoms with Crippen LogP contribution in [0.3, 0.4) is 0 Å². The van der Waals surface area contributed by atoms with E-state index in [1.165, 1.54) is 25.7 Å². The van der Waals surface area contributed by atoms with Gasteiger partial charge < -0.3 is 9.64 Å². The van der Waals surface area contributed by atoms with Gasteiger partial charge in [-0.2, -0.15) is 0 Å². The fraction of sp³-hybridized carbons (Fsp3) is 0.909. The minimum absolute atomic E-state index is 0. The summed E-state index contributed by atoms with van der Waals surface area (Å²) in [5.41, 5.74) is 0. The molecule has 0 aromatic rings. The van der Waals surface area contributed by atoms with Crippen molar-refractivity contribution in [2.45, 2.75) is 32.1 Å². The number of hydrogen-bond donors (Lipinski definition) is 0. The average molecular weight is 236 g/mol. The lowest BCUT2D eigenvalue weighted by Gasteiger charge is -2.11. The summed E-state index contributed by atoms with van der Waals surface area (Å²) in [7, 11) is 3.95. The first-order chi connectivity index (χ1) is 6.68.